The molecule has 130 valence electrons. The summed E-state index contributed by atoms with van der Waals surface area (Å²) in [5, 5.41) is 0.283. The number of ether oxygens (including phenoxy) is 3. The second kappa shape index (κ2) is 5.67. The van der Waals surface area contributed by atoms with Crippen LogP contribution in [-0.2, 0) is 0 Å². The number of benzene rings is 1. The van der Waals surface area contributed by atoms with Crippen molar-refractivity contribution in [2.24, 2.45) is 11.7 Å². The van der Waals surface area contributed by atoms with Gasteiger partial charge in [0, 0.05) is 18.0 Å². The Kier molecular flexibility index (Phi) is 4.04. The maximum atomic E-state index is 13.4. The first-order chi connectivity index (χ1) is 11.3. The van der Waals surface area contributed by atoms with Gasteiger partial charge >= 0.3 is 0 Å². The summed E-state index contributed by atoms with van der Waals surface area (Å²) in [6.07, 6.45) is 0.667. The monoisotopic (exact) mass is 351 g/mol. The van der Waals surface area contributed by atoms with Crippen LogP contribution in [0.5, 0.6) is 17.2 Å². The van der Waals surface area contributed by atoms with Crippen molar-refractivity contribution < 1.29 is 19.0 Å². The summed E-state index contributed by atoms with van der Waals surface area (Å²) in [7, 11) is 3.02. The van der Waals surface area contributed by atoms with Crippen molar-refractivity contribution >= 4 is 17.4 Å². The summed E-state index contributed by atoms with van der Waals surface area (Å²) in [5.74, 6) is 0.932. The lowest BCUT2D eigenvalue weighted by molar-refractivity contribution is 0.0418. The average molecular weight is 352 g/mol. The molecule has 0 radical (unpaired) electrons. The molecule has 0 saturated heterocycles. The van der Waals surface area contributed by atoms with Crippen LogP contribution in [0.15, 0.2) is 17.2 Å². The van der Waals surface area contributed by atoms with Gasteiger partial charge in [-0.25, -0.2) is 0 Å². The van der Waals surface area contributed by atoms with E-state index < -0.39 is 5.60 Å². The molecule has 2 aliphatic rings. The van der Waals surface area contributed by atoms with Crippen LogP contribution in [0, 0.1) is 5.92 Å². The van der Waals surface area contributed by atoms with Gasteiger partial charge in [0.05, 0.1) is 14.2 Å². The Labute approximate surface area is 146 Å². The normalized spacial score (nSPS) is 28.9. The van der Waals surface area contributed by atoms with Gasteiger partial charge in [-0.2, -0.15) is 0 Å². The Bertz CT molecular complexity index is 758. The number of carbonyl (C=O) groups excluding carboxylic acids is 1. The van der Waals surface area contributed by atoms with Crippen molar-refractivity contribution in [1.82, 2.24) is 0 Å². The maximum absolute atomic E-state index is 13.4. The number of rotatable bonds is 2. The van der Waals surface area contributed by atoms with Crippen LogP contribution >= 0.6 is 11.6 Å². The van der Waals surface area contributed by atoms with Crippen LogP contribution in [0.4, 0.5) is 0 Å². The molecule has 0 amide bonds. The molecule has 0 unspecified atom stereocenters. The Morgan fingerprint density at radius 1 is 1.29 bits per heavy atom. The highest BCUT2D eigenvalue weighted by molar-refractivity contribution is 6.35. The van der Waals surface area contributed by atoms with E-state index in [9.17, 15) is 4.79 Å². The van der Waals surface area contributed by atoms with Crippen molar-refractivity contribution in [1.29, 1.82) is 0 Å². The van der Waals surface area contributed by atoms with Crippen molar-refractivity contribution in [2.75, 3.05) is 14.2 Å². The summed E-state index contributed by atoms with van der Waals surface area (Å²) >= 11 is 6.41. The smallest absolute Gasteiger partial charge is 0.218 e. The zero-order valence-electron chi connectivity index (χ0n) is 14.5. The predicted octanol–water partition coefficient (Wildman–Crippen LogP) is 3.37. The van der Waals surface area contributed by atoms with E-state index >= 15 is 0 Å². The highest BCUT2D eigenvalue weighted by Crippen LogP contribution is 2.55. The van der Waals surface area contributed by atoms with E-state index in [0.717, 1.165) is 11.1 Å². The summed E-state index contributed by atoms with van der Waals surface area (Å²) < 4.78 is 16.9. The molecule has 2 N–H and O–H groups in total. The van der Waals surface area contributed by atoms with Gasteiger partial charge in [0.15, 0.2) is 11.4 Å². The fourth-order valence-electron chi connectivity index (χ4n) is 3.84. The molecule has 1 spiro atoms. The Balaban J connectivity index is 2.27. The zero-order valence-corrected chi connectivity index (χ0v) is 15.3. The van der Waals surface area contributed by atoms with Crippen LogP contribution in [0.3, 0.4) is 0 Å². The molecule has 3 rings (SSSR count). The molecule has 0 bridgehead atoms. The maximum Gasteiger partial charge on any atom is 0.218 e. The van der Waals surface area contributed by atoms with Crippen LogP contribution in [0.25, 0.3) is 0 Å². The second-order valence-electron chi connectivity index (χ2n) is 6.52. The summed E-state index contributed by atoms with van der Waals surface area (Å²) in [6, 6.07) is 1.55. The third-order valence-corrected chi connectivity index (χ3v) is 5.78. The molecular formula is C18H22ClNO4. The van der Waals surface area contributed by atoms with E-state index in [1.54, 1.807) is 6.07 Å². The van der Waals surface area contributed by atoms with E-state index in [-0.39, 0.29) is 22.8 Å². The van der Waals surface area contributed by atoms with Gasteiger partial charge in [0.1, 0.15) is 22.1 Å². The number of ketones is 1. The Morgan fingerprint density at radius 3 is 2.50 bits per heavy atom. The molecule has 1 aliphatic carbocycles. The number of carbonyl (C=O) groups is 1. The molecule has 6 heteroatoms. The van der Waals surface area contributed by atoms with Crippen molar-refractivity contribution in [3.63, 3.8) is 0 Å². The largest absolute Gasteiger partial charge is 0.496 e. The predicted molar refractivity (Wildman–Crippen MR) is 92.4 cm³/mol. The van der Waals surface area contributed by atoms with Gasteiger partial charge in [-0.15, -0.1) is 0 Å². The molecule has 24 heavy (non-hydrogen) atoms. The highest BCUT2D eigenvalue weighted by atomic mass is 35.5. The van der Waals surface area contributed by atoms with Gasteiger partial charge in [0.25, 0.3) is 0 Å². The minimum Gasteiger partial charge on any atom is -0.496 e. The first kappa shape index (κ1) is 17.1. The Morgan fingerprint density at radius 2 is 1.92 bits per heavy atom. The van der Waals surface area contributed by atoms with E-state index in [1.165, 1.54) is 14.2 Å². The van der Waals surface area contributed by atoms with Gasteiger partial charge < -0.3 is 19.9 Å². The number of methoxy groups -OCH3 is 2. The van der Waals surface area contributed by atoms with E-state index in [0.29, 0.717) is 29.2 Å². The zero-order chi connectivity index (χ0) is 17.8. The fraction of sp³-hybridized carbons (Fsp3) is 0.500. The first-order valence-corrected chi connectivity index (χ1v) is 8.29. The lowest BCUT2D eigenvalue weighted by atomic mass is 9.69. The molecule has 5 nitrogen and oxygen atoms in total. The van der Waals surface area contributed by atoms with Crippen molar-refractivity contribution in [2.45, 2.75) is 38.8 Å². The SMILES string of the molecule is COc1cc(OC)c2c(c1Cl)O[C@]1(C2=O)C(C)=C(C)[C@H](N)C[C@H]1C. The second-order valence-corrected chi connectivity index (χ2v) is 6.90. The molecule has 0 fully saturated rings. The van der Waals surface area contributed by atoms with Crippen molar-refractivity contribution in [3.05, 3.63) is 27.8 Å². The lowest BCUT2D eigenvalue weighted by Gasteiger charge is -2.41. The lowest BCUT2D eigenvalue weighted by Crippen LogP contribution is -2.53. The molecule has 3 atom stereocenters. The van der Waals surface area contributed by atoms with Gasteiger partial charge in [-0.3, -0.25) is 4.79 Å². The van der Waals surface area contributed by atoms with E-state index in [2.05, 4.69) is 0 Å². The average Bonchev–Trinajstić information content (AvgIpc) is 2.88. The van der Waals surface area contributed by atoms with Gasteiger partial charge in [-0.05, 0) is 25.8 Å². The van der Waals surface area contributed by atoms with E-state index in [4.69, 9.17) is 31.5 Å². The molecule has 0 saturated carbocycles. The van der Waals surface area contributed by atoms with Gasteiger partial charge in [-0.1, -0.05) is 24.1 Å². The third-order valence-electron chi connectivity index (χ3n) is 5.42. The van der Waals surface area contributed by atoms with Crippen LogP contribution < -0.4 is 19.9 Å². The van der Waals surface area contributed by atoms with Gasteiger partial charge in [0.2, 0.25) is 5.78 Å². The summed E-state index contributed by atoms with van der Waals surface area (Å²) in [6.45, 7) is 5.84. The number of hydrogen-bond acceptors (Lipinski definition) is 5. The first-order valence-electron chi connectivity index (χ1n) is 7.91. The molecule has 1 heterocycles. The highest BCUT2D eigenvalue weighted by Gasteiger charge is 2.57. The number of nitrogens with two attached hydrogens (primary N) is 1. The van der Waals surface area contributed by atoms with E-state index in [1.807, 2.05) is 20.8 Å². The number of halogens is 1. The van der Waals surface area contributed by atoms with Crippen LogP contribution in [0.2, 0.25) is 5.02 Å². The number of Topliss-reactive ketones (excluding diaryl/α,β-unsaturated/α-hetero) is 1. The quantitative estimate of drug-likeness (QED) is 0.827. The fourth-order valence-corrected chi connectivity index (χ4v) is 4.10. The van der Waals surface area contributed by atoms with Crippen LogP contribution in [0.1, 0.15) is 37.6 Å². The number of hydrogen-bond donors (Lipinski definition) is 1. The third kappa shape index (κ3) is 2.01. The minimum absolute atomic E-state index is 0.0716. The standard InChI is InChI=1S/C18H22ClNO4/c1-8-6-11(20)9(2)10(3)18(8)17(21)14-12(22-4)7-13(23-5)15(19)16(14)24-18/h7-8,11H,6,20H2,1-5H3/t8-,11-,18+/m1/s1. The summed E-state index contributed by atoms with van der Waals surface area (Å²) in [4.78, 5) is 13.4. The molecule has 1 aliphatic heterocycles. The van der Waals surface area contributed by atoms with Crippen LogP contribution in [-0.4, -0.2) is 31.6 Å². The van der Waals surface area contributed by atoms with Crippen molar-refractivity contribution in [3.8, 4) is 17.2 Å². The Hall–Kier alpha value is -1.72. The molecule has 1 aromatic rings. The molecular weight excluding hydrogens is 330 g/mol. The summed E-state index contributed by atoms with van der Waals surface area (Å²) in [5.41, 5.74) is 7.33. The topological polar surface area (TPSA) is 70.8 Å². The minimum atomic E-state index is -1.08. The number of fused-ring (bicyclic) bond motifs is 1. The molecule has 0 aromatic heterocycles. The molecule has 1 aromatic carbocycles.